The van der Waals surface area contributed by atoms with Gasteiger partial charge in [0.1, 0.15) is 17.4 Å². The highest BCUT2D eigenvalue weighted by atomic mass is 19.1. The van der Waals surface area contributed by atoms with Crippen LogP contribution in [0, 0.1) is 11.6 Å². The first-order valence-corrected chi connectivity index (χ1v) is 4.87. The van der Waals surface area contributed by atoms with Crippen molar-refractivity contribution in [3.05, 3.63) is 65.2 Å². The van der Waals surface area contributed by atoms with Crippen molar-refractivity contribution in [3.8, 4) is 5.75 Å². The summed E-state index contributed by atoms with van der Waals surface area (Å²) in [5.74, 6) is -2.61. The second-order valence-electron chi connectivity index (χ2n) is 3.47. The molecule has 0 spiro atoms. The maximum atomic E-state index is 13.4. The summed E-state index contributed by atoms with van der Waals surface area (Å²) in [6.07, 6.45) is 0. The van der Waals surface area contributed by atoms with Gasteiger partial charge in [0.15, 0.2) is 5.78 Å². The number of para-hydroxylation sites is 1. The van der Waals surface area contributed by atoms with Gasteiger partial charge >= 0.3 is 0 Å². The fourth-order valence-electron chi connectivity index (χ4n) is 1.48. The summed E-state index contributed by atoms with van der Waals surface area (Å²) in [5.41, 5.74) is -0.286. The molecule has 0 amide bonds. The Kier molecular flexibility index (Phi) is 2.87. The summed E-state index contributed by atoms with van der Waals surface area (Å²) >= 11 is 0. The number of carbonyl (C=O) groups excluding carboxylic acids is 1. The Balaban J connectivity index is 2.48. The minimum absolute atomic E-state index is 0.0157. The van der Waals surface area contributed by atoms with Crippen LogP contribution in [-0.2, 0) is 0 Å². The van der Waals surface area contributed by atoms with E-state index in [1.807, 2.05) is 0 Å². The lowest BCUT2D eigenvalue weighted by Crippen LogP contribution is -2.04. The monoisotopic (exact) mass is 234 g/mol. The van der Waals surface area contributed by atoms with Crippen LogP contribution in [0.2, 0.25) is 0 Å². The van der Waals surface area contributed by atoms with Crippen LogP contribution in [0.3, 0.4) is 0 Å². The third kappa shape index (κ3) is 2.15. The highest BCUT2D eigenvalue weighted by molar-refractivity contribution is 6.10. The second-order valence-corrected chi connectivity index (χ2v) is 3.47. The van der Waals surface area contributed by atoms with E-state index >= 15 is 0 Å². The van der Waals surface area contributed by atoms with Gasteiger partial charge in [-0.3, -0.25) is 4.79 Å². The first-order valence-electron chi connectivity index (χ1n) is 4.87. The largest absolute Gasteiger partial charge is 0.507 e. The maximum Gasteiger partial charge on any atom is 0.199 e. The lowest BCUT2D eigenvalue weighted by Gasteiger charge is -2.04. The number of rotatable bonds is 2. The molecule has 4 heteroatoms. The highest BCUT2D eigenvalue weighted by Crippen LogP contribution is 2.21. The molecule has 0 heterocycles. The summed E-state index contributed by atoms with van der Waals surface area (Å²) in [5, 5.41) is 9.47. The van der Waals surface area contributed by atoms with E-state index in [-0.39, 0.29) is 16.9 Å². The predicted molar refractivity (Wildman–Crippen MR) is 57.9 cm³/mol. The lowest BCUT2D eigenvalue weighted by atomic mass is 10.0. The van der Waals surface area contributed by atoms with Gasteiger partial charge < -0.3 is 5.11 Å². The lowest BCUT2D eigenvalue weighted by molar-refractivity contribution is 0.103. The molecule has 0 aliphatic heterocycles. The summed E-state index contributed by atoms with van der Waals surface area (Å²) in [7, 11) is 0. The van der Waals surface area contributed by atoms with E-state index in [1.54, 1.807) is 12.1 Å². The van der Waals surface area contributed by atoms with Crippen molar-refractivity contribution in [1.82, 2.24) is 0 Å². The molecule has 0 aromatic heterocycles. The van der Waals surface area contributed by atoms with Gasteiger partial charge in [0, 0.05) is 6.07 Å². The normalized spacial score (nSPS) is 10.2. The Morgan fingerprint density at radius 1 is 1.00 bits per heavy atom. The van der Waals surface area contributed by atoms with Crippen LogP contribution in [0.4, 0.5) is 8.78 Å². The first kappa shape index (κ1) is 11.3. The molecule has 0 bridgehead atoms. The summed E-state index contributed by atoms with van der Waals surface area (Å²) in [4.78, 5) is 11.9. The molecule has 0 aliphatic rings. The fourth-order valence-corrected chi connectivity index (χ4v) is 1.48. The van der Waals surface area contributed by atoms with Gasteiger partial charge in [-0.15, -0.1) is 0 Å². The molecule has 2 rings (SSSR count). The van der Waals surface area contributed by atoms with Crippen LogP contribution >= 0.6 is 0 Å². The van der Waals surface area contributed by atoms with Gasteiger partial charge in [-0.05, 0) is 24.3 Å². The number of carbonyl (C=O) groups is 1. The van der Waals surface area contributed by atoms with Gasteiger partial charge in [0.2, 0.25) is 0 Å². The zero-order valence-electron chi connectivity index (χ0n) is 8.65. The first-order chi connectivity index (χ1) is 8.09. The van der Waals surface area contributed by atoms with E-state index in [0.717, 1.165) is 12.1 Å². The number of aromatic hydroxyl groups is 1. The maximum absolute atomic E-state index is 13.4. The molecule has 0 atom stereocenters. The quantitative estimate of drug-likeness (QED) is 0.811. The third-order valence-corrected chi connectivity index (χ3v) is 2.32. The minimum atomic E-state index is -0.946. The fraction of sp³-hybridized carbons (Fsp3) is 0. The van der Waals surface area contributed by atoms with E-state index in [1.165, 1.54) is 12.1 Å². The molecule has 17 heavy (non-hydrogen) atoms. The summed E-state index contributed by atoms with van der Waals surface area (Å²) in [6.45, 7) is 0. The summed E-state index contributed by atoms with van der Waals surface area (Å²) in [6, 6.07) is 8.49. The van der Waals surface area contributed by atoms with Gasteiger partial charge in [0.05, 0.1) is 11.1 Å². The number of hydrogen-bond donors (Lipinski definition) is 1. The van der Waals surface area contributed by atoms with Crippen molar-refractivity contribution < 1.29 is 18.7 Å². The van der Waals surface area contributed by atoms with Crippen LogP contribution in [-0.4, -0.2) is 10.9 Å². The number of phenols is 1. The van der Waals surface area contributed by atoms with Crippen LogP contribution < -0.4 is 0 Å². The van der Waals surface area contributed by atoms with E-state index < -0.39 is 17.4 Å². The smallest absolute Gasteiger partial charge is 0.199 e. The average molecular weight is 234 g/mol. The van der Waals surface area contributed by atoms with Gasteiger partial charge in [-0.2, -0.15) is 0 Å². The molecule has 0 saturated heterocycles. The van der Waals surface area contributed by atoms with Crippen molar-refractivity contribution in [1.29, 1.82) is 0 Å². The zero-order chi connectivity index (χ0) is 12.4. The van der Waals surface area contributed by atoms with Crippen LogP contribution in [0.25, 0.3) is 0 Å². The topological polar surface area (TPSA) is 37.3 Å². The molecule has 0 fully saturated rings. The van der Waals surface area contributed by atoms with Crippen molar-refractivity contribution in [2.45, 2.75) is 0 Å². The Labute approximate surface area is 96.1 Å². The standard InChI is InChI=1S/C13H8F2O2/c14-8-5-6-9(11(15)7-8)13(17)10-3-1-2-4-12(10)16/h1-7,16H. The van der Waals surface area contributed by atoms with Gasteiger partial charge in [0.25, 0.3) is 0 Å². The Morgan fingerprint density at radius 2 is 1.71 bits per heavy atom. The van der Waals surface area contributed by atoms with E-state index in [0.29, 0.717) is 6.07 Å². The average Bonchev–Trinajstić information content (AvgIpc) is 2.29. The molecule has 2 aromatic carbocycles. The second kappa shape index (κ2) is 4.33. The molecule has 0 unspecified atom stereocenters. The zero-order valence-corrected chi connectivity index (χ0v) is 8.65. The molecule has 0 saturated carbocycles. The Bertz CT molecular complexity index is 579. The Morgan fingerprint density at radius 3 is 2.35 bits per heavy atom. The van der Waals surface area contributed by atoms with E-state index in [4.69, 9.17) is 0 Å². The molecule has 86 valence electrons. The molecule has 0 radical (unpaired) electrons. The number of halogens is 2. The van der Waals surface area contributed by atoms with Gasteiger partial charge in [-0.1, -0.05) is 12.1 Å². The minimum Gasteiger partial charge on any atom is -0.507 e. The molecule has 1 N–H and O–H groups in total. The molecule has 2 aromatic rings. The Hall–Kier alpha value is -2.23. The summed E-state index contributed by atoms with van der Waals surface area (Å²) < 4.78 is 26.1. The van der Waals surface area contributed by atoms with E-state index in [2.05, 4.69) is 0 Å². The highest BCUT2D eigenvalue weighted by Gasteiger charge is 2.17. The number of benzene rings is 2. The van der Waals surface area contributed by atoms with Crippen molar-refractivity contribution in [2.24, 2.45) is 0 Å². The van der Waals surface area contributed by atoms with Crippen molar-refractivity contribution in [2.75, 3.05) is 0 Å². The number of ketones is 1. The van der Waals surface area contributed by atoms with Crippen molar-refractivity contribution >= 4 is 5.78 Å². The van der Waals surface area contributed by atoms with E-state index in [9.17, 15) is 18.7 Å². The molecular formula is C13H8F2O2. The van der Waals surface area contributed by atoms with Crippen LogP contribution in [0.1, 0.15) is 15.9 Å². The molecule has 2 nitrogen and oxygen atoms in total. The molecule has 0 aliphatic carbocycles. The van der Waals surface area contributed by atoms with Crippen molar-refractivity contribution in [3.63, 3.8) is 0 Å². The van der Waals surface area contributed by atoms with Crippen LogP contribution in [0.5, 0.6) is 5.75 Å². The predicted octanol–water partition coefficient (Wildman–Crippen LogP) is 2.90. The third-order valence-electron chi connectivity index (χ3n) is 2.32. The number of hydrogen-bond acceptors (Lipinski definition) is 2. The number of phenolic OH excluding ortho intramolecular Hbond substituents is 1. The van der Waals surface area contributed by atoms with Gasteiger partial charge in [-0.25, -0.2) is 8.78 Å². The molecular weight excluding hydrogens is 226 g/mol. The van der Waals surface area contributed by atoms with Crippen LogP contribution in [0.15, 0.2) is 42.5 Å². The SMILES string of the molecule is O=C(c1ccccc1O)c1ccc(F)cc1F.